The van der Waals surface area contributed by atoms with E-state index in [0.717, 1.165) is 43.3 Å². The van der Waals surface area contributed by atoms with E-state index in [0.29, 0.717) is 13.0 Å². The minimum absolute atomic E-state index is 0.0729. The predicted molar refractivity (Wildman–Crippen MR) is 122 cm³/mol. The molecule has 162 valence electrons. The molecule has 2 aromatic rings. The van der Waals surface area contributed by atoms with Gasteiger partial charge in [-0.15, -0.1) is 11.3 Å². The summed E-state index contributed by atoms with van der Waals surface area (Å²) in [6, 6.07) is 12.0. The van der Waals surface area contributed by atoms with Crippen molar-refractivity contribution >= 4 is 38.7 Å². The lowest BCUT2D eigenvalue weighted by atomic mass is 10.2. The highest BCUT2D eigenvalue weighted by Crippen LogP contribution is 2.33. The predicted octanol–water partition coefficient (Wildman–Crippen LogP) is 2.49. The topological polar surface area (TPSA) is 69.7 Å². The highest BCUT2D eigenvalue weighted by molar-refractivity contribution is 7.91. The Morgan fingerprint density at radius 2 is 1.83 bits per heavy atom. The summed E-state index contributed by atoms with van der Waals surface area (Å²) in [4.78, 5) is 19.3. The van der Waals surface area contributed by atoms with Gasteiger partial charge in [0.15, 0.2) is 9.84 Å². The molecule has 0 aliphatic carbocycles. The molecule has 6 nitrogen and oxygen atoms in total. The molecular formula is C21H26ClN3O3S2. The van der Waals surface area contributed by atoms with Crippen molar-refractivity contribution in [1.82, 2.24) is 15.1 Å². The third kappa shape index (κ3) is 5.62. The van der Waals surface area contributed by atoms with Gasteiger partial charge in [0, 0.05) is 59.1 Å². The minimum Gasteiger partial charge on any atom is -0.351 e. The van der Waals surface area contributed by atoms with Gasteiger partial charge in [-0.25, -0.2) is 8.42 Å². The Balaban J connectivity index is 1.22. The molecule has 1 unspecified atom stereocenters. The Morgan fingerprint density at radius 3 is 2.53 bits per heavy atom. The molecule has 0 spiro atoms. The summed E-state index contributed by atoms with van der Waals surface area (Å²) >= 11 is 8.08. The van der Waals surface area contributed by atoms with Crippen LogP contribution in [0.25, 0.3) is 10.4 Å². The Morgan fingerprint density at radius 1 is 1.10 bits per heavy atom. The van der Waals surface area contributed by atoms with Crippen molar-refractivity contribution < 1.29 is 13.2 Å². The van der Waals surface area contributed by atoms with E-state index in [1.165, 1.54) is 9.75 Å². The largest absolute Gasteiger partial charge is 0.351 e. The summed E-state index contributed by atoms with van der Waals surface area (Å²) in [6.07, 6.45) is 0.527. The molecule has 30 heavy (non-hydrogen) atoms. The van der Waals surface area contributed by atoms with Crippen LogP contribution in [0.3, 0.4) is 0 Å². The average molecular weight is 468 g/mol. The molecule has 1 atom stereocenters. The van der Waals surface area contributed by atoms with Crippen LogP contribution in [0.15, 0.2) is 36.4 Å². The number of thiophene rings is 1. The lowest BCUT2D eigenvalue weighted by Crippen LogP contribution is -2.50. The average Bonchev–Trinajstić information content (AvgIpc) is 3.29. The highest BCUT2D eigenvalue weighted by Gasteiger charge is 2.29. The van der Waals surface area contributed by atoms with Crippen LogP contribution < -0.4 is 5.32 Å². The van der Waals surface area contributed by atoms with Crippen LogP contribution in [0.5, 0.6) is 0 Å². The van der Waals surface area contributed by atoms with E-state index in [-0.39, 0.29) is 23.5 Å². The fraction of sp³-hybridized carbons (Fsp3) is 0.476. The van der Waals surface area contributed by atoms with Crippen LogP contribution in [0, 0.1) is 0 Å². The van der Waals surface area contributed by atoms with Crippen molar-refractivity contribution in [2.75, 3.05) is 44.2 Å². The first kappa shape index (κ1) is 21.8. The van der Waals surface area contributed by atoms with Gasteiger partial charge < -0.3 is 5.32 Å². The summed E-state index contributed by atoms with van der Waals surface area (Å²) in [5, 5.41) is 3.64. The van der Waals surface area contributed by atoms with E-state index in [9.17, 15) is 13.2 Å². The Kier molecular flexibility index (Phi) is 6.79. The molecule has 2 saturated heterocycles. The van der Waals surface area contributed by atoms with Crippen molar-refractivity contribution in [1.29, 1.82) is 0 Å². The molecule has 2 fully saturated rings. The fourth-order valence-corrected chi connectivity index (χ4v) is 7.04. The summed E-state index contributed by atoms with van der Waals surface area (Å²) in [7, 11) is -2.97. The molecule has 1 aromatic heterocycles. The van der Waals surface area contributed by atoms with Gasteiger partial charge in [0.2, 0.25) is 5.91 Å². The second kappa shape index (κ2) is 9.36. The SMILES string of the molecule is O=C(CN1CCN(Cc2ccc(-c3ccccc3Cl)s2)CC1)NC1CCS(=O)(=O)C1. The quantitative estimate of drug-likeness (QED) is 0.706. The summed E-state index contributed by atoms with van der Waals surface area (Å²) in [5.74, 6) is 0.175. The lowest BCUT2D eigenvalue weighted by Gasteiger charge is -2.34. The monoisotopic (exact) mass is 467 g/mol. The van der Waals surface area contributed by atoms with Gasteiger partial charge >= 0.3 is 0 Å². The Bertz CT molecular complexity index is 1000. The minimum atomic E-state index is -2.97. The molecule has 0 radical (unpaired) electrons. The summed E-state index contributed by atoms with van der Waals surface area (Å²) in [6.45, 7) is 4.71. The molecule has 1 N–H and O–H groups in total. The van der Waals surface area contributed by atoms with Gasteiger partial charge in [0.05, 0.1) is 18.1 Å². The number of nitrogens with zero attached hydrogens (tertiary/aromatic N) is 2. The standard InChI is InChI=1S/C21H26ClN3O3S2/c22-19-4-2-1-3-18(19)20-6-5-17(29-20)13-24-8-10-25(11-9-24)14-21(26)23-16-7-12-30(27,28)15-16/h1-6,16H,7-15H2,(H,23,26). The van der Waals surface area contributed by atoms with E-state index in [4.69, 9.17) is 11.6 Å². The summed E-state index contributed by atoms with van der Waals surface area (Å²) < 4.78 is 23.0. The van der Waals surface area contributed by atoms with E-state index >= 15 is 0 Å². The second-order valence-corrected chi connectivity index (χ2v) is 11.8. The third-order valence-electron chi connectivity index (χ3n) is 5.61. The maximum Gasteiger partial charge on any atom is 0.234 e. The maximum absolute atomic E-state index is 12.2. The first-order chi connectivity index (χ1) is 14.4. The van der Waals surface area contributed by atoms with Crippen molar-refractivity contribution in [3.63, 3.8) is 0 Å². The fourth-order valence-electron chi connectivity index (χ4n) is 3.98. The van der Waals surface area contributed by atoms with Gasteiger partial charge in [0.1, 0.15) is 0 Å². The van der Waals surface area contributed by atoms with Crippen molar-refractivity contribution in [2.45, 2.75) is 19.0 Å². The van der Waals surface area contributed by atoms with Crippen molar-refractivity contribution in [3.8, 4) is 10.4 Å². The molecule has 1 aromatic carbocycles. The van der Waals surface area contributed by atoms with Crippen LogP contribution in [0.4, 0.5) is 0 Å². The van der Waals surface area contributed by atoms with Gasteiger partial charge in [-0.1, -0.05) is 29.8 Å². The van der Waals surface area contributed by atoms with Crippen LogP contribution in [-0.4, -0.2) is 74.4 Å². The molecule has 1 amide bonds. The van der Waals surface area contributed by atoms with Crippen LogP contribution >= 0.6 is 22.9 Å². The Labute approximate surface area is 186 Å². The van der Waals surface area contributed by atoms with Gasteiger partial charge in [-0.2, -0.15) is 0 Å². The van der Waals surface area contributed by atoms with Gasteiger partial charge in [0.25, 0.3) is 0 Å². The summed E-state index contributed by atoms with van der Waals surface area (Å²) in [5.41, 5.74) is 1.07. The lowest BCUT2D eigenvalue weighted by molar-refractivity contribution is -0.123. The van der Waals surface area contributed by atoms with E-state index in [1.807, 2.05) is 24.3 Å². The number of carbonyl (C=O) groups is 1. The Hall–Kier alpha value is -1.45. The van der Waals surface area contributed by atoms with E-state index in [1.54, 1.807) is 11.3 Å². The number of carbonyl (C=O) groups excluding carboxylic acids is 1. The number of benzene rings is 1. The molecule has 0 bridgehead atoms. The van der Waals surface area contributed by atoms with Crippen molar-refractivity contribution in [2.24, 2.45) is 0 Å². The van der Waals surface area contributed by atoms with Crippen LogP contribution in [0.2, 0.25) is 5.02 Å². The number of piperazine rings is 1. The second-order valence-electron chi connectivity index (χ2n) is 7.97. The normalized spacial score (nSPS) is 22.2. The van der Waals surface area contributed by atoms with Crippen molar-refractivity contribution in [3.05, 3.63) is 46.3 Å². The van der Waals surface area contributed by atoms with Crippen LogP contribution in [0.1, 0.15) is 11.3 Å². The molecule has 3 heterocycles. The van der Waals surface area contributed by atoms with Gasteiger partial charge in [-0.05, 0) is 24.6 Å². The molecule has 9 heteroatoms. The number of hydrogen-bond donors (Lipinski definition) is 1. The maximum atomic E-state index is 12.2. The first-order valence-electron chi connectivity index (χ1n) is 10.2. The molecule has 4 rings (SSSR count). The molecule has 2 aliphatic rings. The zero-order chi connectivity index (χ0) is 21.1. The molecule has 2 aliphatic heterocycles. The number of halogens is 1. The first-order valence-corrected chi connectivity index (χ1v) is 13.2. The number of hydrogen-bond acceptors (Lipinski definition) is 6. The smallest absolute Gasteiger partial charge is 0.234 e. The van der Waals surface area contributed by atoms with E-state index < -0.39 is 9.84 Å². The molecular weight excluding hydrogens is 442 g/mol. The molecule has 0 saturated carbocycles. The number of nitrogens with one attached hydrogen (secondary N) is 1. The number of amides is 1. The highest BCUT2D eigenvalue weighted by atomic mass is 35.5. The van der Waals surface area contributed by atoms with Gasteiger partial charge in [-0.3, -0.25) is 14.6 Å². The number of sulfone groups is 1. The zero-order valence-corrected chi connectivity index (χ0v) is 19.1. The third-order valence-corrected chi connectivity index (χ3v) is 8.81. The number of rotatable bonds is 6. The van der Waals surface area contributed by atoms with E-state index in [2.05, 4.69) is 27.2 Å². The zero-order valence-electron chi connectivity index (χ0n) is 16.7. The van der Waals surface area contributed by atoms with Crippen LogP contribution in [-0.2, 0) is 21.2 Å².